The number of para-hydroxylation sites is 3. The molecular formula is C24H18N2O7. The number of fused-ring (bicyclic) bond motifs is 2. The van der Waals surface area contributed by atoms with Gasteiger partial charge in [0.2, 0.25) is 12.9 Å². The maximum absolute atomic E-state index is 12.6. The lowest BCUT2D eigenvalue weighted by molar-refractivity contribution is -0.130. The molecule has 1 unspecified atom stereocenters. The van der Waals surface area contributed by atoms with E-state index < -0.39 is 18.0 Å². The SMILES string of the molecule is O=C(Oc1ccccc1C=NNC(=O)C1COc2ccccc2O1)c1ccc2c(c1)OCO2. The second kappa shape index (κ2) is 8.91. The number of ether oxygens (including phenoxy) is 5. The Kier molecular flexibility index (Phi) is 5.50. The molecule has 1 amide bonds. The molecule has 0 spiro atoms. The highest BCUT2D eigenvalue weighted by Crippen LogP contribution is 2.33. The van der Waals surface area contributed by atoms with Crippen LogP contribution in [0, 0.1) is 0 Å². The molecular weight excluding hydrogens is 428 g/mol. The lowest BCUT2D eigenvalue weighted by Gasteiger charge is -2.24. The summed E-state index contributed by atoms with van der Waals surface area (Å²) in [6.45, 7) is 0.186. The van der Waals surface area contributed by atoms with E-state index in [4.69, 9.17) is 23.7 Å². The molecule has 2 aliphatic rings. The van der Waals surface area contributed by atoms with E-state index in [1.54, 1.807) is 60.7 Å². The van der Waals surface area contributed by atoms with Crippen LogP contribution in [0.4, 0.5) is 0 Å². The number of hydrogen-bond acceptors (Lipinski definition) is 8. The van der Waals surface area contributed by atoms with Gasteiger partial charge < -0.3 is 23.7 Å². The fourth-order valence-corrected chi connectivity index (χ4v) is 3.25. The Morgan fingerprint density at radius 1 is 0.909 bits per heavy atom. The molecule has 2 heterocycles. The van der Waals surface area contributed by atoms with E-state index in [1.165, 1.54) is 6.21 Å². The molecule has 0 bridgehead atoms. The number of carbonyl (C=O) groups is 2. The Morgan fingerprint density at radius 2 is 1.67 bits per heavy atom. The lowest BCUT2D eigenvalue weighted by atomic mass is 10.2. The molecule has 1 atom stereocenters. The number of rotatable bonds is 5. The Bertz CT molecular complexity index is 1240. The minimum Gasteiger partial charge on any atom is -0.485 e. The van der Waals surface area contributed by atoms with Gasteiger partial charge >= 0.3 is 5.97 Å². The molecule has 3 aromatic carbocycles. The summed E-state index contributed by atoms with van der Waals surface area (Å²) < 4.78 is 27.3. The summed E-state index contributed by atoms with van der Waals surface area (Å²) in [5.74, 6) is 1.39. The largest absolute Gasteiger partial charge is 0.485 e. The first-order chi connectivity index (χ1) is 16.2. The van der Waals surface area contributed by atoms with Crippen LogP contribution in [0.2, 0.25) is 0 Å². The maximum atomic E-state index is 12.6. The van der Waals surface area contributed by atoms with Crippen LogP contribution < -0.4 is 29.1 Å². The number of amides is 1. The van der Waals surface area contributed by atoms with Crippen molar-refractivity contribution in [2.75, 3.05) is 13.4 Å². The quantitative estimate of drug-likeness (QED) is 0.278. The summed E-state index contributed by atoms with van der Waals surface area (Å²) in [5, 5.41) is 3.97. The highest BCUT2D eigenvalue weighted by molar-refractivity contribution is 5.94. The van der Waals surface area contributed by atoms with E-state index >= 15 is 0 Å². The zero-order valence-electron chi connectivity index (χ0n) is 17.2. The van der Waals surface area contributed by atoms with Crippen molar-refractivity contribution < 1.29 is 33.3 Å². The van der Waals surface area contributed by atoms with E-state index in [-0.39, 0.29) is 19.1 Å². The Labute approximate surface area is 188 Å². The van der Waals surface area contributed by atoms with Gasteiger partial charge in [-0.05, 0) is 42.5 Å². The molecule has 0 aromatic heterocycles. The van der Waals surface area contributed by atoms with Crippen molar-refractivity contribution in [3.05, 3.63) is 77.9 Å². The van der Waals surface area contributed by atoms with E-state index in [0.717, 1.165) is 0 Å². The maximum Gasteiger partial charge on any atom is 0.343 e. The fourth-order valence-electron chi connectivity index (χ4n) is 3.25. The summed E-state index contributed by atoms with van der Waals surface area (Å²) >= 11 is 0. The van der Waals surface area contributed by atoms with Gasteiger partial charge in [-0.3, -0.25) is 4.79 Å². The molecule has 9 nitrogen and oxygen atoms in total. The minimum atomic E-state index is -0.837. The van der Waals surface area contributed by atoms with Crippen molar-refractivity contribution >= 4 is 18.1 Å². The number of hydrogen-bond donors (Lipinski definition) is 1. The molecule has 2 aliphatic heterocycles. The Hall–Kier alpha value is -4.53. The van der Waals surface area contributed by atoms with Gasteiger partial charge in [-0.25, -0.2) is 10.2 Å². The molecule has 3 aromatic rings. The Morgan fingerprint density at radius 3 is 2.58 bits per heavy atom. The number of hydrazone groups is 1. The average Bonchev–Trinajstić information content (AvgIpc) is 3.32. The first kappa shape index (κ1) is 20.4. The van der Waals surface area contributed by atoms with Crippen molar-refractivity contribution in [1.82, 2.24) is 5.43 Å². The van der Waals surface area contributed by atoms with Gasteiger partial charge in [0, 0.05) is 5.56 Å². The summed E-state index contributed by atoms with van der Waals surface area (Å²) in [5.41, 5.74) is 3.24. The van der Waals surface area contributed by atoms with Crippen LogP contribution in [0.15, 0.2) is 71.8 Å². The topological polar surface area (TPSA) is 105 Å². The second-order valence-electron chi connectivity index (χ2n) is 7.09. The third kappa shape index (κ3) is 4.42. The number of nitrogens with zero attached hydrogens (tertiary/aromatic N) is 1. The fraction of sp³-hybridized carbons (Fsp3) is 0.125. The number of carbonyl (C=O) groups excluding carboxylic acids is 2. The van der Waals surface area contributed by atoms with E-state index in [2.05, 4.69) is 10.5 Å². The molecule has 0 saturated heterocycles. The van der Waals surface area contributed by atoms with Crippen LogP contribution in [0.1, 0.15) is 15.9 Å². The van der Waals surface area contributed by atoms with Gasteiger partial charge in [0.25, 0.3) is 5.91 Å². The number of nitrogens with one attached hydrogen (secondary N) is 1. The monoisotopic (exact) mass is 446 g/mol. The van der Waals surface area contributed by atoms with Gasteiger partial charge in [0.15, 0.2) is 23.0 Å². The first-order valence-corrected chi connectivity index (χ1v) is 10.1. The lowest BCUT2D eigenvalue weighted by Crippen LogP contribution is -2.42. The standard InChI is InChI=1S/C24H18N2O7/c27-23(22-13-29-18-7-3-4-8-20(18)32-22)26-25-12-16-5-1-2-6-17(16)33-24(28)15-9-10-19-21(11-15)31-14-30-19/h1-12,22H,13-14H2,(H,26,27). The average molecular weight is 446 g/mol. The molecule has 5 rings (SSSR count). The summed E-state index contributed by atoms with van der Waals surface area (Å²) in [4.78, 5) is 25.0. The minimum absolute atomic E-state index is 0.0715. The molecule has 0 radical (unpaired) electrons. The third-order valence-corrected chi connectivity index (χ3v) is 4.91. The van der Waals surface area contributed by atoms with E-state index in [9.17, 15) is 9.59 Å². The van der Waals surface area contributed by atoms with Gasteiger partial charge in [-0.2, -0.15) is 5.10 Å². The van der Waals surface area contributed by atoms with Gasteiger partial charge in [-0.15, -0.1) is 0 Å². The molecule has 9 heteroatoms. The Balaban J connectivity index is 1.23. The van der Waals surface area contributed by atoms with Crippen LogP contribution in [0.5, 0.6) is 28.7 Å². The highest BCUT2D eigenvalue weighted by atomic mass is 16.7. The first-order valence-electron chi connectivity index (χ1n) is 10.1. The van der Waals surface area contributed by atoms with Crippen molar-refractivity contribution in [2.24, 2.45) is 5.10 Å². The van der Waals surface area contributed by atoms with Crippen molar-refractivity contribution in [2.45, 2.75) is 6.10 Å². The van der Waals surface area contributed by atoms with Crippen LogP contribution in [0.3, 0.4) is 0 Å². The van der Waals surface area contributed by atoms with Crippen molar-refractivity contribution in [1.29, 1.82) is 0 Å². The van der Waals surface area contributed by atoms with Crippen LogP contribution >= 0.6 is 0 Å². The molecule has 33 heavy (non-hydrogen) atoms. The third-order valence-electron chi connectivity index (χ3n) is 4.91. The van der Waals surface area contributed by atoms with E-state index in [1.807, 2.05) is 6.07 Å². The predicted octanol–water partition coefficient (Wildman–Crippen LogP) is 2.92. The van der Waals surface area contributed by atoms with Crippen LogP contribution in [-0.2, 0) is 4.79 Å². The summed E-state index contributed by atoms with van der Waals surface area (Å²) in [6.07, 6.45) is 0.550. The highest BCUT2D eigenvalue weighted by Gasteiger charge is 2.27. The number of esters is 1. The molecule has 0 fully saturated rings. The van der Waals surface area contributed by atoms with Gasteiger partial charge in [-0.1, -0.05) is 24.3 Å². The summed E-state index contributed by atoms with van der Waals surface area (Å²) in [7, 11) is 0. The van der Waals surface area contributed by atoms with Crippen molar-refractivity contribution in [3.63, 3.8) is 0 Å². The predicted molar refractivity (Wildman–Crippen MR) is 116 cm³/mol. The van der Waals surface area contributed by atoms with Crippen LogP contribution in [0.25, 0.3) is 0 Å². The van der Waals surface area contributed by atoms with E-state index in [0.29, 0.717) is 34.1 Å². The zero-order valence-corrected chi connectivity index (χ0v) is 17.2. The molecule has 166 valence electrons. The van der Waals surface area contributed by atoms with Crippen LogP contribution in [-0.4, -0.2) is 37.6 Å². The molecule has 0 aliphatic carbocycles. The van der Waals surface area contributed by atoms with Crippen molar-refractivity contribution in [3.8, 4) is 28.7 Å². The van der Waals surface area contributed by atoms with Gasteiger partial charge in [0.05, 0.1) is 11.8 Å². The normalized spacial score (nSPS) is 15.8. The summed E-state index contributed by atoms with van der Waals surface area (Å²) in [6, 6.07) is 18.7. The second-order valence-corrected chi connectivity index (χ2v) is 7.09. The van der Waals surface area contributed by atoms with Gasteiger partial charge in [0.1, 0.15) is 12.4 Å². The molecule has 1 N–H and O–H groups in total. The molecule has 0 saturated carbocycles. The number of benzene rings is 3. The smallest absolute Gasteiger partial charge is 0.343 e. The zero-order chi connectivity index (χ0) is 22.6.